The molecule has 1 atom stereocenters. The zero-order valence-electron chi connectivity index (χ0n) is 19.5. The summed E-state index contributed by atoms with van der Waals surface area (Å²) in [5, 5.41) is 22.7. The maximum atomic E-state index is 10.1. The number of methoxy groups -OCH3 is 2. The predicted molar refractivity (Wildman–Crippen MR) is 130 cm³/mol. The van der Waals surface area contributed by atoms with Crippen LogP contribution in [-0.2, 0) is 19.5 Å². The summed E-state index contributed by atoms with van der Waals surface area (Å²) in [6.45, 7) is 3.95. The fourth-order valence-corrected chi connectivity index (χ4v) is 3.59. The Balaban J connectivity index is 1.89. The van der Waals surface area contributed by atoms with E-state index >= 15 is 0 Å². The summed E-state index contributed by atoms with van der Waals surface area (Å²) in [6, 6.07) is 17.8. The molecule has 3 N–H and O–H groups in total. The Hall–Kier alpha value is -3.29. The van der Waals surface area contributed by atoms with Gasteiger partial charge in [0.25, 0.3) is 0 Å². The summed E-state index contributed by atoms with van der Waals surface area (Å²) >= 11 is 0. The van der Waals surface area contributed by atoms with Gasteiger partial charge in [0.2, 0.25) is 0 Å². The van der Waals surface area contributed by atoms with Gasteiger partial charge < -0.3 is 29.9 Å². The van der Waals surface area contributed by atoms with E-state index in [2.05, 4.69) is 15.2 Å². The van der Waals surface area contributed by atoms with Crippen LogP contribution in [0.2, 0.25) is 0 Å². The molecule has 0 bridgehead atoms. The molecule has 0 radical (unpaired) electrons. The summed E-state index contributed by atoms with van der Waals surface area (Å²) < 4.78 is 10.6. The lowest BCUT2D eigenvalue weighted by molar-refractivity contribution is 0.252. The number of ether oxygens (including phenoxy) is 2. The number of anilines is 1. The molecule has 0 fully saturated rings. The van der Waals surface area contributed by atoms with Gasteiger partial charge in [-0.1, -0.05) is 24.3 Å². The molecule has 176 valence electrons. The third kappa shape index (κ3) is 7.10. The minimum atomic E-state index is 0.00780. The first kappa shape index (κ1) is 24.4. The Labute approximate surface area is 195 Å². The Morgan fingerprint density at radius 1 is 0.939 bits per heavy atom. The minimum absolute atomic E-state index is 0.00780. The topological polar surface area (TPSA) is 87.1 Å². The van der Waals surface area contributed by atoms with Crippen LogP contribution in [0.5, 0.6) is 17.2 Å². The number of hydrogen-bond acceptors (Lipinski definition) is 7. The lowest BCUT2D eigenvalue weighted by Crippen LogP contribution is -2.31. The Morgan fingerprint density at radius 3 is 1.97 bits per heavy atom. The number of nitrogens with zero attached hydrogens (tertiary/aromatic N) is 2. The fraction of sp³-hybridized carbons (Fsp3) is 0.346. The van der Waals surface area contributed by atoms with Crippen LogP contribution in [0.25, 0.3) is 0 Å². The number of benzene rings is 2. The van der Waals surface area contributed by atoms with Crippen LogP contribution < -0.4 is 19.7 Å². The molecule has 2 aromatic carbocycles. The number of aliphatic hydroxyl groups is 1. The van der Waals surface area contributed by atoms with Gasteiger partial charge in [0.15, 0.2) is 0 Å². The van der Waals surface area contributed by atoms with Gasteiger partial charge >= 0.3 is 0 Å². The standard InChI is InChI=1S/C26H33N3O4/c1-19(18-30)27-13-12-22-14-23(31)15-28-26(22)29(16-20-4-8-24(32-2)9-5-20)17-21-6-10-25(33-3)11-7-21/h4-11,14-15,19,27,30-31H,12-13,16-18H2,1-3H3/t19-/m0/s1. The zero-order valence-corrected chi connectivity index (χ0v) is 19.5. The zero-order chi connectivity index (χ0) is 23.6. The molecule has 0 saturated carbocycles. The third-order valence-corrected chi connectivity index (χ3v) is 5.45. The normalized spacial score (nSPS) is 11.8. The average molecular weight is 452 g/mol. The van der Waals surface area contributed by atoms with E-state index in [0.717, 1.165) is 34.0 Å². The number of aliphatic hydroxyl groups excluding tert-OH is 1. The highest BCUT2D eigenvalue weighted by molar-refractivity contribution is 5.51. The molecular formula is C26H33N3O4. The van der Waals surface area contributed by atoms with Crippen LogP contribution in [0.15, 0.2) is 60.8 Å². The maximum absolute atomic E-state index is 10.1. The van der Waals surface area contributed by atoms with Gasteiger partial charge in [-0.15, -0.1) is 0 Å². The molecule has 7 heteroatoms. The Kier molecular flexibility index (Phi) is 8.92. The minimum Gasteiger partial charge on any atom is -0.506 e. The first-order valence-electron chi connectivity index (χ1n) is 11.0. The molecule has 0 aliphatic heterocycles. The maximum Gasteiger partial charge on any atom is 0.134 e. The smallest absolute Gasteiger partial charge is 0.134 e. The number of aromatic nitrogens is 1. The van der Waals surface area contributed by atoms with E-state index in [9.17, 15) is 10.2 Å². The molecule has 1 aromatic heterocycles. The summed E-state index contributed by atoms with van der Waals surface area (Å²) in [7, 11) is 3.31. The summed E-state index contributed by atoms with van der Waals surface area (Å²) in [5.41, 5.74) is 3.18. The number of rotatable bonds is 12. The van der Waals surface area contributed by atoms with Crippen LogP contribution in [-0.4, -0.2) is 48.6 Å². The molecule has 0 saturated heterocycles. The van der Waals surface area contributed by atoms with Crippen molar-refractivity contribution in [3.63, 3.8) is 0 Å². The van der Waals surface area contributed by atoms with Crippen molar-refractivity contribution >= 4 is 5.82 Å². The number of pyridine rings is 1. The second-order valence-corrected chi connectivity index (χ2v) is 8.02. The average Bonchev–Trinajstić information content (AvgIpc) is 2.84. The largest absolute Gasteiger partial charge is 0.506 e. The van der Waals surface area contributed by atoms with Crippen molar-refractivity contribution in [2.24, 2.45) is 0 Å². The third-order valence-electron chi connectivity index (χ3n) is 5.45. The van der Waals surface area contributed by atoms with E-state index < -0.39 is 0 Å². The second-order valence-electron chi connectivity index (χ2n) is 8.02. The van der Waals surface area contributed by atoms with Gasteiger partial charge in [0.05, 0.1) is 27.0 Å². The predicted octanol–water partition coefficient (Wildman–Crippen LogP) is 3.52. The monoisotopic (exact) mass is 451 g/mol. The van der Waals surface area contributed by atoms with Gasteiger partial charge in [-0.25, -0.2) is 4.98 Å². The summed E-state index contributed by atoms with van der Waals surface area (Å²) in [5.74, 6) is 2.58. The van der Waals surface area contributed by atoms with E-state index in [-0.39, 0.29) is 18.4 Å². The van der Waals surface area contributed by atoms with E-state index in [1.807, 2.05) is 55.5 Å². The first-order valence-corrected chi connectivity index (χ1v) is 11.0. The van der Waals surface area contributed by atoms with Gasteiger partial charge in [-0.3, -0.25) is 0 Å². The van der Waals surface area contributed by atoms with Crippen molar-refractivity contribution in [2.45, 2.75) is 32.5 Å². The van der Waals surface area contributed by atoms with Gasteiger partial charge in [0, 0.05) is 19.1 Å². The Morgan fingerprint density at radius 2 is 1.48 bits per heavy atom. The molecule has 0 spiro atoms. The highest BCUT2D eigenvalue weighted by atomic mass is 16.5. The summed E-state index contributed by atoms with van der Waals surface area (Å²) in [4.78, 5) is 6.81. The van der Waals surface area contributed by atoms with Crippen molar-refractivity contribution in [1.29, 1.82) is 0 Å². The van der Waals surface area contributed by atoms with E-state index in [0.29, 0.717) is 26.1 Å². The summed E-state index contributed by atoms with van der Waals surface area (Å²) in [6.07, 6.45) is 2.15. The molecule has 0 aliphatic carbocycles. The lowest BCUT2D eigenvalue weighted by atomic mass is 10.1. The molecule has 7 nitrogen and oxygen atoms in total. The number of nitrogens with one attached hydrogen (secondary N) is 1. The van der Waals surface area contributed by atoms with Crippen LogP contribution >= 0.6 is 0 Å². The SMILES string of the molecule is COc1ccc(CN(Cc2ccc(OC)cc2)c2ncc(O)cc2CCN[C@@H](C)CO)cc1. The van der Waals surface area contributed by atoms with E-state index in [4.69, 9.17) is 9.47 Å². The van der Waals surface area contributed by atoms with Crippen molar-refractivity contribution in [3.8, 4) is 17.2 Å². The van der Waals surface area contributed by atoms with Crippen molar-refractivity contribution in [1.82, 2.24) is 10.3 Å². The van der Waals surface area contributed by atoms with Crippen LogP contribution in [0.3, 0.4) is 0 Å². The van der Waals surface area contributed by atoms with Gasteiger partial charge in [-0.2, -0.15) is 0 Å². The molecule has 0 amide bonds. The number of aromatic hydroxyl groups is 1. The molecule has 1 heterocycles. The first-order chi connectivity index (χ1) is 16.0. The molecule has 3 rings (SSSR count). The van der Waals surface area contributed by atoms with Crippen LogP contribution in [0, 0.1) is 0 Å². The highest BCUT2D eigenvalue weighted by Crippen LogP contribution is 2.27. The van der Waals surface area contributed by atoms with Crippen LogP contribution in [0.4, 0.5) is 5.82 Å². The molecular weight excluding hydrogens is 418 g/mol. The van der Waals surface area contributed by atoms with Crippen molar-refractivity contribution in [3.05, 3.63) is 77.5 Å². The van der Waals surface area contributed by atoms with Gasteiger partial charge in [0.1, 0.15) is 23.1 Å². The quantitative estimate of drug-likeness (QED) is 0.388. The van der Waals surface area contributed by atoms with E-state index in [1.54, 1.807) is 20.3 Å². The molecule has 33 heavy (non-hydrogen) atoms. The number of hydrogen-bond donors (Lipinski definition) is 3. The second kappa shape index (κ2) is 12.1. The Bertz CT molecular complexity index is 944. The molecule has 0 aliphatic rings. The molecule has 3 aromatic rings. The van der Waals surface area contributed by atoms with Crippen LogP contribution in [0.1, 0.15) is 23.6 Å². The molecule has 0 unspecified atom stereocenters. The fourth-order valence-electron chi connectivity index (χ4n) is 3.59. The van der Waals surface area contributed by atoms with Crippen molar-refractivity contribution < 1.29 is 19.7 Å². The van der Waals surface area contributed by atoms with Gasteiger partial charge in [-0.05, 0) is 66.9 Å². The van der Waals surface area contributed by atoms with Crippen molar-refractivity contribution in [2.75, 3.05) is 32.3 Å². The van der Waals surface area contributed by atoms with E-state index in [1.165, 1.54) is 6.20 Å². The lowest BCUT2D eigenvalue weighted by Gasteiger charge is -2.27. The highest BCUT2D eigenvalue weighted by Gasteiger charge is 2.16.